The van der Waals surface area contributed by atoms with Crippen molar-refractivity contribution in [2.45, 2.75) is 63.8 Å². The van der Waals surface area contributed by atoms with E-state index < -0.39 is 5.97 Å². The Hall–Kier alpha value is -2.93. The lowest BCUT2D eigenvalue weighted by Gasteiger charge is -2.44. The number of hydrogen-bond donors (Lipinski definition) is 0. The van der Waals surface area contributed by atoms with Crippen LogP contribution in [0.5, 0.6) is 0 Å². The summed E-state index contributed by atoms with van der Waals surface area (Å²) in [6, 6.07) is 15.9. The van der Waals surface area contributed by atoms with Crippen LogP contribution in [0.4, 0.5) is 5.69 Å². The molecule has 1 aliphatic heterocycles. The first-order chi connectivity index (χ1) is 17.7. The first-order valence-corrected chi connectivity index (χ1v) is 13.9. The van der Waals surface area contributed by atoms with Crippen LogP contribution >= 0.6 is 0 Å². The number of rotatable bonds is 5. The second kappa shape index (κ2) is 10.6. The molecule has 3 aromatic rings. The third-order valence-electron chi connectivity index (χ3n) is 8.85. The van der Waals surface area contributed by atoms with E-state index in [-0.39, 0.29) is 0 Å². The molecule has 2 aromatic carbocycles. The van der Waals surface area contributed by atoms with Crippen LogP contribution in [0.2, 0.25) is 0 Å². The minimum Gasteiger partial charge on any atom is -0.369 e. The van der Waals surface area contributed by atoms with Crippen LogP contribution in [0.15, 0.2) is 48.5 Å². The molecule has 0 N–H and O–H groups in total. The third kappa shape index (κ3) is 4.99. The zero-order valence-electron chi connectivity index (χ0n) is 21.1. The summed E-state index contributed by atoms with van der Waals surface area (Å²) < 4.78 is 0. The molecule has 1 aromatic heterocycles. The maximum absolute atomic E-state index is 12.7. The summed E-state index contributed by atoms with van der Waals surface area (Å²) in [7, 11) is 0. The largest absolute Gasteiger partial charge is 0.369 e. The van der Waals surface area contributed by atoms with Crippen molar-refractivity contribution in [3.63, 3.8) is 0 Å². The quantitative estimate of drug-likeness (QED) is 0.474. The number of carbonyl (C=O) groups excluding carboxylic acids is 1. The monoisotopic (exact) mass is 487 g/mol. The average molecular weight is 488 g/mol. The number of aromatic nitrogens is 3. The Morgan fingerprint density at radius 1 is 0.778 bits per heavy atom. The number of benzene rings is 2. The molecule has 0 unspecified atom stereocenters. The Morgan fingerprint density at radius 3 is 2.22 bits per heavy atom. The van der Waals surface area contributed by atoms with Gasteiger partial charge >= 0.3 is 5.97 Å². The van der Waals surface area contributed by atoms with Crippen molar-refractivity contribution in [3.8, 4) is 0 Å². The summed E-state index contributed by atoms with van der Waals surface area (Å²) in [5.41, 5.74) is 3.03. The summed E-state index contributed by atoms with van der Waals surface area (Å²) in [6.45, 7) is 4.33. The Bertz CT molecular complexity index is 1150. The van der Waals surface area contributed by atoms with Gasteiger partial charge in [0, 0.05) is 37.9 Å². The number of nitrogens with zero attached hydrogens (tertiary/aromatic N) is 5. The predicted molar refractivity (Wildman–Crippen MR) is 141 cm³/mol. The second-order valence-electron chi connectivity index (χ2n) is 10.9. The molecule has 2 heterocycles. The molecule has 6 rings (SSSR count). The lowest BCUT2D eigenvalue weighted by atomic mass is 9.72. The van der Waals surface area contributed by atoms with Crippen molar-refractivity contribution in [1.29, 1.82) is 0 Å². The first-order valence-electron chi connectivity index (χ1n) is 13.9. The summed E-state index contributed by atoms with van der Waals surface area (Å²) in [5.74, 6) is 1.58. The van der Waals surface area contributed by atoms with Gasteiger partial charge in [0.25, 0.3) is 0 Å². The molecule has 3 fully saturated rings. The molecule has 190 valence electrons. The minimum absolute atomic E-state index is 0.439. The van der Waals surface area contributed by atoms with Gasteiger partial charge in [-0.05, 0) is 79.1 Å². The van der Waals surface area contributed by atoms with Crippen LogP contribution in [0.1, 0.15) is 68.1 Å². The van der Waals surface area contributed by atoms with Gasteiger partial charge < -0.3 is 9.74 Å². The normalized spacial score (nSPS) is 24.2. The highest BCUT2D eigenvalue weighted by Gasteiger charge is 2.32. The molecule has 2 aliphatic carbocycles. The summed E-state index contributed by atoms with van der Waals surface area (Å²) in [5, 5.41) is 7.97. The minimum atomic E-state index is -0.439. The van der Waals surface area contributed by atoms with E-state index in [0.29, 0.717) is 16.6 Å². The molecule has 1 saturated heterocycles. The van der Waals surface area contributed by atoms with Crippen LogP contribution in [0.3, 0.4) is 0 Å². The number of para-hydroxylation sites is 1. The molecule has 36 heavy (non-hydrogen) atoms. The van der Waals surface area contributed by atoms with Crippen molar-refractivity contribution in [1.82, 2.24) is 20.1 Å². The number of piperazine rings is 1. The molecule has 0 bridgehead atoms. The molecule has 0 atom stereocenters. The Balaban J connectivity index is 0.992. The maximum atomic E-state index is 12.7. The fraction of sp³-hybridized carbons (Fsp3) is 0.552. The van der Waals surface area contributed by atoms with E-state index in [1.807, 2.05) is 48.5 Å². The standard InChI is InChI=1S/C29H37N5O2/c35-29(36-34-28-9-5-4-8-27(28)30-31-34)24-12-16-26(17-13-24)33-20-18-32(19-21-33)25-14-10-23(11-15-25)22-6-2-1-3-7-22/h4-5,8-9,12-13,16-17,22-23,25H,1-3,6-7,10-11,14-15,18-21H2. The van der Waals surface area contributed by atoms with Crippen LogP contribution in [0.25, 0.3) is 11.0 Å². The van der Waals surface area contributed by atoms with E-state index in [9.17, 15) is 4.79 Å². The van der Waals surface area contributed by atoms with E-state index in [0.717, 1.165) is 44.1 Å². The zero-order chi connectivity index (χ0) is 24.3. The van der Waals surface area contributed by atoms with Crippen LogP contribution in [-0.4, -0.2) is 58.2 Å². The van der Waals surface area contributed by atoms with E-state index in [1.165, 1.54) is 68.3 Å². The molecule has 0 amide bonds. The SMILES string of the molecule is O=C(On1nnc2ccccc21)c1ccc(N2CCN(C3CCC(C4CCCCC4)CC3)CC2)cc1. The Morgan fingerprint density at radius 2 is 1.47 bits per heavy atom. The van der Waals surface area contributed by atoms with Crippen LogP contribution in [0, 0.1) is 11.8 Å². The Kier molecular flexibility index (Phi) is 6.90. The first kappa shape index (κ1) is 23.5. The molecule has 7 heteroatoms. The molecular formula is C29H37N5O2. The van der Waals surface area contributed by atoms with E-state index in [1.54, 1.807) is 0 Å². The number of anilines is 1. The summed E-state index contributed by atoms with van der Waals surface area (Å²) >= 11 is 0. The lowest BCUT2D eigenvalue weighted by molar-refractivity contribution is 0.0409. The second-order valence-corrected chi connectivity index (χ2v) is 10.9. The van der Waals surface area contributed by atoms with Gasteiger partial charge in [0.1, 0.15) is 11.0 Å². The van der Waals surface area contributed by atoms with Crippen molar-refractivity contribution in [3.05, 3.63) is 54.1 Å². The van der Waals surface area contributed by atoms with Crippen molar-refractivity contribution >= 4 is 22.7 Å². The summed E-state index contributed by atoms with van der Waals surface area (Å²) in [4.78, 5) is 24.5. The molecule has 0 spiro atoms. The molecule has 7 nitrogen and oxygen atoms in total. The lowest BCUT2D eigenvalue weighted by Crippen LogP contribution is -2.51. The highest BCUT2D eigenvalue weighted by molar-refractivity contribution is 5.90. The highest BCUT2D eigenvalue weighted by atomic mass is 16.7. The van der Waals surface area contributed by atoms with Gasteiger partial charge in [-0.25, -0.2) is 4.79 Å². The van der Waals surface area contributed by atoms with Gasteiger partial charge in [0.05, 0.1) is 5.56 Å². The third-order valence-corrected chi connectivity index (χ3v) is 8.85. The number of fused-ring (bicyclic) bond motifs is 1. The van der Waals surface area contributed by atoms with Gasteiger partial charge in [-0.1, -0.05) is 49.1 Å². The summed E-state index contributed by atoms with van der Waals surface area (Å²) in [6.07, 6.45) is 13.0. The van der Waals surface area contributed by atoms with Gasteiger partial charge in [0.2, 0.25) is 0 Å². The molecule has 3 aliphatic rings. The number of hydrogen-bond acceptors (Lipinski definition) is 6. The van der Waals surface area contributed by atoms with Crippen LogP contribution in [-0.2, 0) is 0 Å². The Labute approximate surface area is 213 Å². The molecule has 0 radical (unpaired) electrons. The van der Waals surface area contributed by atoms with Gasteiger partial charge in [-0.3, -0.25) is 4.90 Å². The highest BCUT2D eigenvalue weighted by Crippen LogP contribution is 2.39. The van der Waals surface area contributed by atoms with Crippen molar-refractivity contribution in [2.75, 3.05) is 31.1 Å². The molecule has 2 saturated carbocycles. The maximum Gasteiger partial charge on any atom is 0.365 e. The smallest absolute Gasteiger partial charge is 0.365 e. The zero-order valence-corrected chi connectivity index (χ0v) is 21.1. The molecular weight excluding hydrogens is 450 g/mol. The average Bonchev–Trinajstić information content (AvgIpc) is 3.36. The fourth-order valence-electron chi connectivity index (χ4n) is 6.74. The fourth-order valence-corrected chi connectivity index (χ4v) is 6.74. The van der Waals surface area contributed by atoms with E-state index in [4.69, 9.17) is 4.84 Å². The van der Waals surface area contributed by atoms with E-state index in [2.05, 4.69) is 20.1 Å². The predicted octanol–water partition coefficient (Wildman–Crippen LogP) is 4.96. The van der Waals surface area contributed by atoms with E-state index >= 15 is 0 Å². The van der Waals surface area contributed by atoms with Gasteiger partial charge in [-0.2, -0.15) is 0 Å². The van der Waals surface area contributed by atoms with Crippen LogP contribution < -0.4 is 9.74 Å². The number of carbonyl (C=O) groups is 1. The van der Waals surface area contributed by atoms with Crippen molar-refractivity contribution in [2.24, 2.45) is 11.8 Å². The van der Waals surface area contributed by atoms with Gasteiger partial charge in [0.15, 0.2) is 0 Å². The topological polar surface area (TPSA) is 63.5 Å². The van der Waals surface area contributed by atoms with Gasteiger partial charge in [-0.15, -0.1) is 5.10 Å². The van der Waals surface area contributed by atoms with Crippen molar-refractivity contribution < 1.29 is 9.63 Å².